The van der Waals surface area contributed by atoms with Gasteiger partial charge in [-0.3, -0.25) is 0 Å². The van der Waals surface area contributed by atoms with E-state index in [9.17, 15) is 0 Å². The zero-order valence-electron chi connectivity index (χ0n) is 13.1. The standard InChI is InChI=1S/C16H25N3OS/c1-4-16(5-2)10-12(8-9-20-16)19-15-13(14(17)21)7-6-11(3)18-15/h6-7,12H,4-5,8-10H2,1-3H3,(H2,17,21)(H,18,19). The summed E-state index contributed by atoms with van der Waals surface area (Å²) >= 11 is 5.12. The van der Waals surface area contributed by atoms with Crippen LogP contribution in [0.25, 0.3) is 0 Å². The minimum absolute atomic E-state index is 0.0108. The molecule has 1 atom stereocenters. The molecule has 0 bridgehead atoms. The zero-order chi connectivity index (χ0) is 15.5. The van der Waals surface area contributed by atoms with Crippen LogP contribution >= 0.6 is 12.2 Å². The van der Waals surface area contributed by atoms with Gasteiger partial charge < -0.3 is 15.8 Å². The van der Waals surface area contributed by atoms with E-state index in [-0.39, 0.29) is 5.60 Å². The van der Waals surface area contributed by atoms with Crippen LogP contribution in [-0.2, 0) is 4.74 Å². The fourth-order valence-corrected chi connectivity index (χ4v) is 3.12. The monoisotopic (exact) mass is 307 g/mol. The SMILES string of the molecule is CCC1(CC)CC(Nc2nc(C)ccc2C(N)=S)CCO1. The number of hydrogen-bond acceptors (Lipinski definition) is 4. The first-order valence-electron chi connectivity index (χ1n) is 7.67. The van der Waals surface area contributed by atoms with Crippen molar-refractivity contribution < 1.29 is 4.74 Å². The molecule has 1 aromatic heterocycles. The molecule has 2 rings (SSSR count). The number of rotatable bonds is 5. The van der Waals surface area contributed by atoms with E-state index in [4.69, 9.17) is 22.7 Å². The minimum atomic E-state index is -0.0108. The number of nitrogens with zero attached hydrogens (tertiary/aromatic N) is 1. The van der Waals surface area contributed by atoms with Gasteiger partial charge in [-0.1, -0.05) is 26.1 Å². The Kier molecular flexibility index (Phi) is 5.17. The molecular weight excluding hydrogens is 282 g/mol. The predicted octanol–water partition coefficient (Wildman–Crippen LogP) is 3.17. The number of thiocarbonyl (C=S) groups is 1. The van der Waals surface area contributed by atoms with Crippen molar-refractivity contribution in [3.05, 3.63) is 23.4 Å². The van der Waals surface area contributed by atoms with Crippen molar-refractivity contribution in [3.8, 4) is 0 Å². The molecule has 1 saturated heterocycles. The van der Waals surface area contributed by atoms with Crippen LogP contribution in [0.5, 0.6) is 0 Å². The van der Waals surface area contributed by atoms with Crippen molar-refractivity contribution in [1.29, 1.82) is 0 Å². The lowest BCUT2D eigenvalue weighted by atomic mass is 9.86. The first kappa shape index (κ1) is 16.2. The van der Waals surface area contributed by atoms with E-state index in [0.29, 0.717) is 11.0 Å². The summed E-state index contributed by atoms with van der Waals surface area (Å²) in [6, 6.07) is 4.23. The number of nitrogens with one attached hydrogen (secondary N) is 1. The second-order valence-corrected chi connectivity index (χ2v) is 6.23. The molecule has 1 aromatic rings. The normalized spacial score (nSPS) is 21.0. The van der Waals surface area contributed by atoms with Crippen molar-refractivity contribution >= 4 is 23.0 Å². The van der Waals surface area contributed by atoms with Gasteiger partial charge in [-0.2, -0.15) is 0 Å². The average molecular weight is 307 g/mol. The molecule has 4 nitrogen and oxygen atoms in total. The predicted molar refractivity (Wildman–Crippen MR) is 90.8 cm³/mol. The lowest BCUT2D eigenvalue weighted by Crippen LogP contribution is -2.44. The number of anilines is 1. The molecule has 1 aliphatic rings. The van der Waals surface area contributed by atoms with Crippen molar-refractivity contribution in [2.75, 3.05) is 11.9 Å². The van der Waals surface area contributed by atoms with Crippen molar-refractivity contribution in [2.24, 2.45) is 5.73 Å². The van der Waals surface area contributed by atoms with Crippen LogP contribution in [0, 0.1) is 6.92 Å². The molecule has 116 valence electrons. The average Bonchev–Trinajstić information content (AvgIpc) is 2.47. The third kappa shape index (κ3) is 3.71. The molecule has 3 N–H and O–H groups in total. The highest BCUT2D eigenvalue weighted by Gasteiger charge is 2.34. The highest BCUT2D eigenvalue weighted by molar-refractivity contribution is 7.80. The summed E-state index contributed by atoms with van der Waals surface area (Å²) in [4.78, 5) is 4.95. The number of ether oxygens (including phenoxy) is 1. The highest BCUT2D eigenvalue weighted by atomic mass is 32.1. The molecule has 0 aliphatic carbocycles. The number of aryl methyl sites for hydroxylation is 1. The van der Waals surface area contributed by atoms with E-state index in [0.717, 1.165) is 49.4 Å². The van der Waals surface area contributed by atoms with E-state index >= 15 is 0 Å². The van der Waals surface area contributed by atoms with E-state index in [1.54, 1.807) is 0 Å². The number of hydrogen-bond donors (Lipinski definition) is 2. The molecule has 1 unspecified atom stereocenters. The second kappa shape index (κ2) is 6.71. The molecule has 0 aromatic carbocycles. The van der Waals surface area contributed by atoms with E-state index in [1.165, 1.54) is 0 Å². The van der Waals surface area contributed by atoms with Crippen LogP contribution < -0.4 is 11.1 Å². The van der Waals surface area contributed by atoms with Crippen molar-refractivity contribution in [2.45, 2.75) is 58.1 Å². The smallest absolute Gasteiger partial charge is 0.136 e. The Morgan fingerprint density at radius 2 is 2.19 bits per heavy atom. The molecule has 0 saturated carbocycles. The molecule has 0 radical (unpaired) electrons. The van der Waals surface area contributed by atoms with Gasteiger partial charge in [-0.15, -0.1) is 0 Å². The van der Waals surface area contributed by atoms with Gasteiger partial charge >= 0.3 is 0 Å². The largest absolute Gasteiger partial charge is 0.389 e. The molecule has 5 heteroatoms. The first-order valence-corrected chi connectivity index (χ1v) is 8.08. The lowest BCUT2D eigenvalue weighted by molar-refractivity contribution is -0.0864. The molecule has 1 aliphatic heterocycles. The fraction of sp³-hybridized carbons (Fsp3) is 0.625. The van der Waals surface area contributed by atoms with Crippen LogP contribution in [0.1, 0.15) is 50.8 Å². The fourth-order valence-electron chi connectivity index (χ4n) is 2.95. The summed E-state index contributed by atoms with van der Waals surface area (Å²) in [5, 5.41) is 3.54. The summed E-state index contributed by atoms with van der Waals surface area (Å²) in [6.45, 7) is 7.14. The summed E-state index contributed by atoms with van der Waals surface area (Å²) in [5.41, 5.74) is 7.57. The maximum atomic E-state index is 6.02. The Balaban J connectivity index is 2.18. The van der Waals surface area contributed by atoms with Crippen LogP contribution in [0.15, 0.2) is 12.1 Å². The van der Waals surface area contributed by atoms with Gasteiger partial charge in [0.1, 0.15) is 10.8 Å². The van der Waals surface area contributed by atoms with E-state index in [1.807, 2.05) is 19.1 Å². The lowest BCUT2D eigenvalue weighted by Gasteiger charge is -2.40. The Morgan fingerprint density at radius 3 is 2.81 bits per heavy atom. The summed E-state index contributed by atoms with van der Waals surface area (Å²) in [6.07, 6.45) is 4.04. The van der Waals surface area contributed by atoms with Gasteiger partial charge in [0.25, 0.3) is 0 Å². The van der Waals surface area contributed by atoms with Gasteiger partial charge in [0.2, 0.25) is 0 Å². The quantitative estimate of drug-likeness (QED) is 0.818. The number of pyridine rings is 1. The van der Waals surface area contributed by atoms with Gasteiger partial charge in [0, 0.05) is 18.3 Å². The van der Waals surface area contributed by atoms with Gasteiger partial charge in [-0.05, 0) is 44.7 Å². The minimum Gasteiger partial charge on any atom is -0.389 e. The molecule has 1 fully saturated rings. The van der Waals surface area contributed by atoms with Gasteiger partial charge in [0.05, 0.1) is 11.2 Å². The van der Waals surface area contributed by atoms with Crippen LogP contribution in [-0.4, -0.2) is 28.2 Å². The van der Waals surface area contributed by atoms with E-state index < -0.39 is 0 Å². The highest BCUT2D eigenvalue weighted by Crippen LogP contribution is 2.33. The molecular formula is C16H25N3OS. The molecule has 21 heavy (non-hydrogen) atoms. The number of aromatic nitrogens is 1. The maximum Gasteiger partial charge on any atom is 0.136 e. The molecule has 2 heterocycles. The summed E-state index contributed by atoms with van der Waals surface area (Å²) in [7, 11) is 0. The maximum absolute atomic E-state index is 6.02. The Labute approximate surface area is 132 Å². The Hall–Kier alpha value is -1.20. The van der Waals surface area contributed by atoms with Crippen LogP contribution in [0.4, 0.5) is 5.82 Å². The van der Waals surface area contributed by atoms with Crippen molar-refractivity contribution in [3.63, 3.8) is 0 Å². The number of nitrogens with two attached hydrogens (primary N) is 1. The second-order valence-electron chi connectivity index (χ2n) is 5.79. The Bertz CT molecular complexity index is 514. The summed E-state index contributed by atoms with van der Waals surface area (Å²) < 4.78 is 6.02. The third-order valence-corrected chi connectivity index (χ3v) is 4.64. The first-order chi connectivity index (χ1) is 9.99. The van der Waals surface area contributed by atoms with Crippen LogP contribution in [0.3, 0.4) is 0 Å². The van der Waals surface area contributed by atoms with E-state index in [2.05, 4.69) is 24.1 Å². The van der Waals surface area contributed by atoms with Crippen molar-refractivity contribution in [1.82, 2.24) is 4.98 Å². The summed E-state index contributed by atoms with van der Waals surface area (Å²) in [5.74, 6) is 0.801. The molecule has 0 spiro atoms. The van der Waals surface area contributed by atoms with Crippen LogP contribution in [0.2, 0.25) is 0 Å². The topological polar surface area (TPSA) is 60.2 Å². The third-order valence-electron chi connectivity index (χ3n) is 4.42. The molecule has 0 amide bonds. The Morgan fingerprint density at radius 1 is 1.48 bits per heavy atom. The van der Waals surface area contributed by atoms with Gasteiger partial charge in [-0.25, -0.2) is 4.98 Å². The van der Waals surface area contributed by atoms with Gasteiger partial charge in [0.15, 0.2) is 0 Å². The zero-order valence-corrected chi connectivity index (χ0v) is 13.9.